The lowest BCUT2D eigenvalue weighted by Gasteiger charge is -2.12. The van der Waals surface area contributed by atoms with E-state index in [2.05, 4.69) is 9.47 Å². The lowest BCUT2D eigenvalue weighted by atomic mass is 10.3. The highest BCUT2D eigenvalue weighted by atomic mass is 19.3. The van der Waals surface area contributed by atoms with E-state index in [1.165, 1.54) is 13.8 Å². The molecule has 0 radical (unpaired) electrons. The van der Waals surface area contributed by atoms with Crippen molar-refractivity contribution < 1.29 is 32.6 Å². The van der Waals surface area contributed by atoms with Crippen molar-refractivity contribution in [1.29, 1.82) is 0 Å². The number of hydrogen-bond acceptors (Lipinski definition) is 5. The number of ketones is 1. The molecule has 5 nitrogen and oxygen atoms in total. The highest BCUT2D eigenvalue weighted by Crippen LogP contribution is 2.17. The molecule has 19 heavy (non-hydrogen) atoms. The van der Waals surface area contributed by atoms with E-state index in [-0.39, 0.29) is 18.8 Å². The fourth-order valence-corrected chi connectivity index (χ4v) is 0.593. The minimum Gasteiger partial charge on any atom is -0.459 e. The van der Waals surface area contributed by atoms with E-state index in [1.807, 2.05) is 0 Å². The standard InChI is InChI=1S/C6H10F2O2.C6H10O3/c1-3-6(7,8)4-10-5(2)9;1-3-6(8)4-9-5(2)7/h3-4H2,1-2H3;3-4H2,1-2H3. The fourth-order valence-electron chi connectivity index (χ4n) is 0.593. The second-order valence-corrected chi connectivity index (χ2v) is 3.66. The quantitative estimate of drug-likeness (QED) is 0.698. The molecule has 0 saturated carbocycles. The fraction of sp³-hybridized carbons (Fsp3) is 0.750. The van der Waals surface area contributed by atoms with Crippen molar-refractivity contribution in [1.82, 2.24) is 0 Å². The molecule has 0 aliphatic rings. The number of ether oxygens (including phenoxy) is 2. The normalized spacial score (nSPS) is 10.0. The molecule has 0 bridgehead atoms. The summed E-state index contributed by atoms with van der Waals surface area (Å²) in [5.74, 6) is -4.00. The third-order valence-electron chi connectivity index (χ3n) is 1.83. The Hall–Kier alpha value is -1.53. The Kier molecular flexibility index (Phi) is 10.8. The third-order valence-corrected chi connectivity index (χ3v) is 1.83. The predicted octanol–water partition coefficient (Wildman–Crippen LogP) is 2.12. The molecule has 0 heterocycles. The number of carbonyl (C=O) groups excluding carboxylic acids is 3. The van der Waals surface area contributed by atoms with Crippen molar-refractivity contribution in [2.75, 3.05) is 13.2 Å². The third kappa shape index (κ3) is 16.5. The van der Waals surface area contributed by atoms with Crippen LogP contribution in [0.15, 0.2) is 0 Å². The number of Topliss-reactive ketones (excluding diaryl/α,β-unsaturated/α-hetero) is 1. The van der Waals surface area contributed by atoms with E-state index >= 15 is 0 Å². The highest BCUT2D eigenvalue weighted by molar-refractivity contribution is 5.81. The number of alkyl halides is 2. The van der Waals surface area contributed by atoms with Crippen molar-refractivity contribution in [2.24, 2.45) is 0 Å². The molecule has 0 atom stereocenters. The number of carbonyl (C=O) groups is 3. The first kappa shape index (κ1) is 19.8. The molecular formula is C12H20F2O5. The van der Waals surface area contributed by atoms with Crippen LogP contribution in [0.25, 0.3) is 0 Å². The maximum absolute atomic E-state index is 12.2. The molecule has 0 N–H and O–H groups in total. The SMILES string of the molecule is CCC(=O)COC(C)=O.CCC(F)(F)COC(C)=O. The molecule has 0 aromatic carbocycles. The molecular weight excluding hydrogens is 262 g/mol. The molecule has 0 spiro atoms. The van der Waals surface area contributed by atoms with E-state index in [1.54, 1.807) is 6.92 Å². The second kappa shape index (κ2) is 10.4. The highest BCUT2D eigenvalue weighted by Gasteiger charge is 2.27. The molecule has 112 valence electrons. The van der Waals surface area contributed by atoms with Crippen LogP contribution in [0.3, 0.4) is 0 Å². The summed E-state index contributed by atoms with van der Waals surface area (Å²) in [6.45, 7) is 4.56. The topological polar surface area (TPSA) is 69.7 Å². The molecule has 0 saturated heterocycles. The smallest absolute Gasteiger partial charge is 0.303 e. The Morgan fingerprint density at radius 3 is 1.79 bits per heavy atom. The Labute approximate surface area is 111 Å². The Morgan fingerprint density at radius 2 is 1.47 bits per heavy atom. The van der Waals surface area contributed by atoms with Gasteiger partial charge in [-0.25, -0.2) is 8.78 Å². The van der Waals surface area contributed by atoms with Crippen LogP contribution in [0.2, 0.25) is 0 Å². The van der Waals surface area contributed by atoms with Crippen LogP contribution in [0, 0.1) is 0 Å². The van der Waals surface area contributed by atoms with Crippen molar-refractivity contribution in [2.45, 2.75) is 46.5 Å². The average Bonchev–Trinajstić information content (AvgIpc) is 2.34. The van der Waals surface area contributed by atoms with Crippen LogP contribution in [0.4, 0.5) is 8.78 Å². The molecule has 7 heteroatoms. The van der Waals surface area contributed by atoms with Gasteiger partial charge in [-0.2, -0.15) is 0 Å². The molecule has 0 aliphatic heterocycles. The average molecular weight is 282 g/mol. The first-order valence-corrected chi connectivity index (χ1v) is 5.80. The summed E-state index contributed by atoms with van der Waals surface area (Å²) in [7, 11) is 0. The van der Waals surface area contributed by atoms with E-state index < -0.39 is 24.5 Å². The summed E-state index contributed by atoms with van der Waals surface area (Å²) < 4.78 is 33.0. The van der Waals surface area contributed by atoms with Crippen LogP contribution in [0.1, 0.15) is 40.5 Å². The number of hydrogen-bond donors (Lipinski definition) is 0. The predicted molar refractivity (Wildman–Crippen MR) is 63.8 cm³/mol. The Bertz CT molecular complexity index is 302. The lowest BCUT2D eigenvalue weighted by molar-refractivity contribution is -0.152. The minimum absolute atomic E-state index is 0.0507. The maximum atomic E-state index is 12.2. The Morgan fingerprint density at radius 1 is 1.00 bits per heavy atom. The van der Waals surface area contributed by atoms with Gasteiger partial charge in [0.05, 0.1) is 0 Å². The van der Waals surface area contributed by atoms with Crippen molar-refractivity contribution in [3.63, 3.8) is 0 Å². The lowest BCUT2D eigenvalue weighted by Crippen LogP contribution is -2.23. The van der Waals surface area contributed by atoms with Crippen molar-refractivity contribution >= 4 is 17.7 Å². The van der Waals surface area contributed by atoms with Gasteiger partial charge >= 0.3 is 11.9 Å². The van der Waals surface area contributed by atoms with E-state index in [4.69, 9.17) is 0 Å². The summed E-state index contributed by atoms with van der Waals surface area (Å²) in [5, 5.41) is 0. The maximum Gasteiger partial charge on any atom is 0.303 e. The van der Waals surface area contributed by atoms with Crippen LogP contribution >= 0.6 is 0 Å². The van der Waals surface area contributed by atoms with Crippen LogP contribution in [-0.2, 0) is 23.9 Å². The van der Waals surface area contributed by atoms with Gasteiger partial charge < -0.3 is 9.47 Å². The molecule has 0 aromatic rings. The second-order valence-electron chi connectivity index (χ2n) is 3.66. The molecule has 0 amide bonds. The summed E-state index contributed by atoms with van der Waals surface area (Å²) in [6.07, 6.45) is 0.119. The van der Waals surface area contributed by atoms with Gasteiger partial charge in [0.15, 0.2) is 12.4 Å². The van der Waals surface area contributed by atoms with Gasteiger partial charge in [-0.15, -0.1) is 0 Å². The number of rotatable bonds is 6. The van der Waals surface area contributed by atoms with Crippen LogP contribution < -0.4 is 0 Å². The Balaban J connectivity index is 0. The van der Waals surface area contributed by atoms with Crippen LogP contribution in [-0.4, -0.2) is 36.9 Å². The van der Waals surface area contributed by atoms with E-state index in [0.29, 0.717) is 6.42 Å². The van der Waals surface area contributed by atoms with Gasteiger partial charge in [-0.05, 0) is 0 Å². The van der Waals surface area contributed by atoms with Gasteiger partial charge in [0, 0.05) is 26.7 Å². The minimum atomic E-state index is -2.87. The van der Waals surface area contributed by atoms with Gasteiger partial charge in [0.2, 0.25) is 0 Å². The van der Waals surface area contributed by atoms with E-state index in [9.17, 15) is 23.2 Å². The van der Waals surface area contributed by atoms with Gasteiger partial charge in [-0.1, -0.05) is 13.8 Å². The molecule has 0 fully saturated rings. The number of halogens is 2. The molecule has 0 rings (SSSR count). The van der Waals surface area contributed by atoms with Gasteiger partial charge in [0.1, 0.15) is 6.61 Å². The van der Waals surface area contributed by atoms with E-state index in [0.717, 1.165) is 6.92 Å². The first-order chi connectivity index (χ1) is 8.64. The van der Waals surface area contributed by atoms with Crippen molar-refractivity contribution in [3.05, 3.63) is 0 Å². The zero-order chi connectivity index (χ0) is 15.5. The summed E-state index contributed by atoms with van der Waals surface area (Å²) in [6, 6.07) is 0. The van der Waals surface area contributed by atoms with Gasteiger partial charge in [0.25, 0.3) is 5.92 Å². The number of esters is 2. The zero-order valence-electron chi connectivity index (χ0n) is 11.6. The largest absolute Gasteiger partial charge is 0.459 e. The van der Waals surface area contributed by atoms with Crippen LogP contribution in [0.5, 0.6) is 0 Å². The molecule has 0 unspecified atom stereocenters. The summed E-state index contributed by atoms with van der Waals surface area (Å²) in [4.78, 5) is 30.6. The van der Waals surface area contributed by atoms with Gasteiger partial charge in [-0.3, -0.25) is 14.4 Å². The van der Waals surface area contributed by atoms with Crippen molar-refractivity contribution in [3.8, 4) is 0 Å². The molecule has 0 aliphatic carbocycles. The monoisotopic (exact) mass is 282 g/mol. The summed E-state index contributed by atoms with van der Waals surface area (Å²) >= 11 is 0. The molecule has 0 aromatic heterocycles. The zero-order valence-corrected chi connectivity index (χ0v) is 11.6. The first-order valence-electron chi connectivity index (χ1n) is 5.80. The summed E-state index contributed by atoms with van der Waals surface area (Å²) in [5.41, 5.74) is 0.